The number of carbonyl (C=O) groups is 3. The highest BCUT2D eigenvalue weighted by molar-refractivity contribution is 7.80. The van der Waals surface area contributed by atoms with Crippen LogP contribution in [0.1, 0.15) is 30.0 Å². The van der Waals surface area contributed by atoms with E-state index < -0.39 is 17.8 Å². The molecule has 1 aliphatic heterocycles. The first-order valence-electron chi connectivity index (χ1n) is 8.79. The number of rotatable bonds is 5. The molecule has 9 heteroatoms. The second-order valence-corrected chi connectivity index (χ2v) is 6.92. The largest absolute Gasteiger partial charge is 0.545 e. The van der Waals surface area contributed by atoms with E-state index in [2.05, 4.69) is 0 Å². The van der Waals surface area contributed by atoms with Gasteiger partial charge in [0.15, 0.2) is 5.11 Å². The van der Waals surface area contributed by atoms with Crippen LogP contribution in [0.25, 0.3) is 17.4 Å². The molecule has 0 radical (unpaired) electrons. The van der Waals surface area contributed by atoms with Gasteiger partial charge in [-0.3, -0.25) is 19.4 Å². The van der Waals surface area contributed by atoms with E-state index >= 15 is 0 Å². The van der Waals surface area contributed by atoms with Crippen LogP contribution in [0.4, 0.5) is 0 Å². The topological polar surface area (TPSA) is 93.9 Å². The van der Waals surface area contributed by atoms with Crippen molar-refractivity contribution in [1.82, 2.24) is 9.80 Å². The standard InChI is InChI=1S/C20H17ClN2O5S/c1-3-22-17(24)15(18(25)23(4-2)20(22)29)10-12-6-8-16(28-12)14-9-11(21)5-7-13(14)19(26)27/h5-10H,3-4H2,1-2H3,(H,26,27)/p-1. The van der Waals surface area contributed by atoms with Crippen molar-refractivity contribution in [2.45, 2.75) is 13.8 Å². The highest BCUT2D eigenvalue weighted by Crippen LogP contribution is 2.30. The molecular weight excluding hydrogens is 416 g/mol. The average molecular weight is 432 g/mol. The van der Waals surface area contributed by atoms with Gasteiger partial charge in [0.1, 0.15) is 17.1 Å². The van der Waals surface area contributed by atoms with E-state index in [9.17, 15) is 19.5 Å². The summed E-state index contributed by atoms with van der Waals surface area (Å²) in [5.41, 5.74) is 0.0526. The zero-order valence-electron chi connectivity index (χ0n) is 15.6. The molecule has 3 rings (SSSR count). The Labute approximate surface area is 177 Å². The molecule has 1 saturated heterocycles. The minimum Gasteiger partial charge on any atom is -0.545 e. The van der Waals surface area contributed by atoms with Crippen LogP contribution in [0.15, 0.2) is 40.3 Å². The van der Waals surface area contributed by atoms with Gasteiger partial charge in [-0.15, -0.1) is 0 Å². The van der Waals surface area contributed by atoms with E-state index in [1.807, 2.05) is 0 Å². The number of halogens is 1. The van der Waals surface area contributed by atoms with Gasteiger partial charge in [0, 0.05) is 29.2 Å². The fourth-order valence-corrected chi connectivity index (χ4v) is 3.59. The molecule has 1 aromatic heterocycles. The molecule has 150 valence electrons. The molecular formula is C20H16ClN2O5S-. The Morgan fingerprint density at radius 1 is 1.14 bits per heavy atom. The fourth-order valence-electron chi connectivity index (χ4n) is 3.00. The molecule has 1 fully saturated rings. The molecule has 2 amide bonds. The Bertz CT molecular complexity index is 1030. The van der Waals surface area contributed by atoms with Crippen LogP contribution in [0.5, 0.6) is 0 Å². The number of aromatic carboxylic acids is 1. The summed E-state index contributed by atoms with van der Waals surface area (Å²) in [7, 11) is 0. The van der Waals surface area contributed by atoms with Crippen LogP contribution in [0.2, 0.25) is 5.02 Å². The Kier molecular flexibility index (Phi) is 5.86. The molecule has 0 spiro atoms. The Morgan fingerprint density at radius 3 is 2.31 bits per heavy atom. The summed E-state index contributed by atoms with van der Waals surface area (Å²) < 4.78 is 5.68. The van der Waals surface area contributed by atoms with E-state index in [4.69, 9.17) is 28.2 Å². The van der Waals surface area contributed by atoms with Gasteiger partial charge in [0.2, 0.25) is 0 Å². The summed E-state index contributed by atoms with van der Waals surface area (Å²) >= 11 is 11.2. The van der Waals surface area contributed by atoms with Crippen molar-refractivity contribution in [3.8, 4) is 11.3 Å². The third-order valence-corrected chi connectivity index (χ3v) is 5.10. The molecule has 0 bridgehead atoms. The summed E-state index contributed by atoms with van der Waals surface area (Å²) in [6.45, 7) is 4.16. The van der Waals surface area contributed by atoms with Gasteiger partial charge >= 0.3 is 0 Å². The molecule has 2 heterocycles. The smallest absolute Gasteiger partial charge is 0.265 e. The van der Waals surface area contributed by atoms with E-state index in [1.165, 1.54) is 46.2 Å². The van der Waals surface area contributed by atoms with Gasteiger partial charge in [-0.05, 0) is 56.4 Å². The Morgan fingerprint density at radius 2 is 1.76 bits per heavy atom. The van der Waals surface area contributed by atoms with Crippen LogP contribution in [-0.2, 0) is 9.59 Å². The molecule has 0 saturated carbocycles. The Balaban J connectivity index is 2.03. The third-order valence-electron chi connectivity index (χ3n) is 4.43. The number of nitrogens with zero attached hydrogens (tertiary/aromatic N) is 2. The first kappa shape index (κ1) is 20.8. The molecule has 0 atom stereocenters. The van der Waals surface area contributed by atoms with Crippen LogP contribution in [0.3, 0.4) is 0 Å². The quantitative estimate of drug-likeness (QED) is 0.410. The van der Waals surface area contributed by atoms with Crippen LogP contribution >= 0.6 is 23.8 Å². The van der Waals surface area contributed by atoms with Crippen LogP contribution in [-0.4, -0.2) is 45.8 Å². The number of carboxylic acid groups (broad SMARTS) is 1. The minimum absolute atomic E-state index is 0.0885. The summed E-state index contributed by atoms with van der Waals surface area (Å²) in [6.07, 6.45) is 1.32. The van der Waals surface area contributed by atoms with Gasteiger partial charge in [-0.1, -0.05) is 17.7 Å². The summed E-state index contributed by atoms with van der Waals surface area (Å²) in [6, 6.07) is 7.25. The number of hydrogen-bond acceptors (Lipinski definition) is 6. The average Bonchev–Trinajstić information content (AvgIpc) is 3.14. The van der Waals surface area contributed by atoms with Crippen molar-refractivity contribution in [3.05, 3.63) is 52.3 Å². The molecule has 7 nitrogen and oxygen atoms in total. The highest BCUT2D eigenvalue weighted by Gasteiger charge is 2.38. The maximum Gasteiger partial charge on any atom is 0.265 e. The van der Waals surface area contributed by atoms with E-state index in [1.54, 1.807) is 13.8 Å². The molecule has 1 aromatic carbocycles. The zero-order chi connectivity index (χ0) is 21.3. The second-order valence-electron chi connectivity index (χ2n) is 6.12. The molecule has 1 aliphatic rings. The van der Waals surface area contributed by atoms with E-state index in [-0.39, 0.29) is 33.3 Å². The van der Waals surface area contributed by atoms with Crippen molar-refractivity contribution in [1.29, 1.82) is 0 Å². The molecule has 29 heavy (non-hydrogen) atoms. The van der Waals surface area contributed by atoms with Crippen molar-refractivity contribution in [2.24, 2.45) is 0 Å². The first-order chi connectivity index (χ1) is 13.8. The monoisotopic (exact) mass is 431 g/mol. The maximum absolute atomic E-state index is 12.7. The molecule has 2 aromatic rings. The fraction of sp³-hybridized carbons (Fsp3) is 0.200. The second kappa shape index (κ2) is 8.18. The summed E-state index contributed by atoms with van der Waals surface area (Å²) in [5, 5.41) is 11.9. The minimum atomic E-state index is -1.38. The lowest BCUT2D eigenvalue weighted by Gasteiger charge is -2.35. The Hall–Kier alpha value is -2.97. The number of likely N-dealkylation sites (N-methyl/N-ethyl adjacent to an activating group) is 2. The lowest BCUT2D eigenvalue weighted by Crippen LogP contribution is -2.55. The number of amides is 2. The molecule has 0 unspecified atom stereocenters. The van der Waals surface area contributed by atoms with E-state index in [0.717, 1.165) is 0 Å². The number of thiocarbonyl (C=S) groups is 1. The van der Waals surface area contributed by atoms with Crippen molar-refractivity contribution < 1.29 is 23.9 Å². The lowest BCUT2D eigenvalue weighted by molar-refractivity contribution is -0.255. The summed E-state index contributed by atoms with van der Waals surface area (Å²) in [4.78, 5) is 39.4. The maximum atomic E-state index is 12.7. The highest BCUT2D eigenvalue weighted by atomic mass is 35.5. The van der Waals surface area contributed by atoms with Crippen molar-refractivity contribution in [2.75, 3.05) is 13.1 Å². The predicted molar refractivity (Wildman–Crippen MR) is 109 cm³/mol. The molecule has 0 aliphatic carbocycles. The molecule has 0 N–H and O–H groups in total. The SMILES string of the molecule is CCN1C(=O)C(=Cc2ccc(-c3cc(Cl)ccc3C(=O)[O-])o2)C(=O)N(CC)C1=S. The van der Waals surface area contributed by atoms with Gasteiger partial charge in [-0.25, -0.2) is 0 Å². The number of carboxylic acids is 1. The van der Waals surface area contributed by atoms with Crippen molar-refractivity contribution in [3.63, 3.8) is 0 Å². The number of carbonyl (C=O) groups excluding carboxylic acids is 3. The zero-order valence-corrected chi connectivity index (χ0v) is 17.2. The first-order valence-corrected chi connectivity index (χ1v) is 9.57. The number of furan rings is 1. The van der Waals surface area contributed by atoms with Crippen molar-refractivity contribution >= 4 is 52.8 Å². The normalized spacial score (nSPS) is 14.6. The van der Waals surface area contributed by atoms with Gasteiger partial charge in [0.25, 0.3) is 11.8 Å². The van der Waals surface area contributed by atoms with E-state index in [0.29, 0.717) is 18.1 Å². The van der Waals surface area contributed by atoms with Gasteiger partial charge < -0.3 is 14.3 Å². The lowest BCUT2D eigenvalue weighted by atomic mass is 10.1. The number of benzene rings is 1. The van der Waals surface area contributed by atoms with Crippen LogP contribution < -0.4 is 5.11 Å². The predicted octanol–water partition coefficient (Wildman–Crippen LogP) is 2.34. The van der Waals surface area contributed by atoms with Crippen LogP contribution in [0, 0.1) is 0 Å². The van der Waals surface area contributed by atoms with Gasteiger partial charge in [-0.2, -0.15) is 0 Å². The summed E-state index contributed by atoms with van der Waals surface area (Å²) in [5.74, 6) is -1.98. The number of hydrogen-bond donors (Lipinski definition) is 0. The van der Waals surface area contributed by atoms with Gasteiger partial charge in [0.05, 0.1) is 5.97 Å². The third kappa shape index (κ3) is 3.81.